The van der Waals surface area contributed by atoms with Gasteiger partial charge in [-0.25, -0.2) is 4.98 Å². The molecule has 1 aromatic rings. The number of carbonyl (C=O) groups excluding carboxylic acids is 2. The van der Waals surface area contributed by atoms with Crippen molar-refractivity contribution in [1.82, 2.24) is 4.98 Å². The van der Waals surface area contributed by atoms with Gasteiger partial charge in [0.15, 0.2) is 0 Å². The smallest absolute Gasteiger partial charge is 0.229 e. The van der Waals surface area contributed by atoms with Crippen LogP contribution in [0, 0.1) is 5.92 Å². The quantitative estimate of drug-likeness (QED) is 0.836. The molecule has 0 bridgehead atoms. The molecule has 1 saturated heterocycles. The molecule has 2 rings (SSSR count). The van der Waals surface area contributed by atoms with Crippen LogP contribution in [0.4, 0.5) is 5.82 Å². The van der Waals surface area contributed by atoms with Gasteiger partial charge in [-0.2, -0.15) is 0 Å². The van der Waals surface area contributed by atoms with Crippen LogP contribution in [0.25, 0.3) is 0 Å². The summed E-state index contributed by atoms with van der Waals surface area (Å²) in [5.74, 6) is -0.599. The Morgan fingerprint density at radius 2 is 2.29 bits per heavy atom. The van der Waals surface area contributed by atoms with Crippen LogP contribution >= 0.6 is 27.5 Å². The van der Waals surface area contributed by atoms with E-state index in [1.165, 1.54) is 4.90 Å². The molecule has 1 aliphatic heterocycles. The van der Waals surface area contributed by atoms with Crippen LogP contribution < -0.4 is 10.6 Å². The van der Waals surface area contributed by atoms with Crippen LogP contribution in [0.1, 0.15) is 6.42 Å². The second-order valence-electron chi connectivity index (χ2n) is 3.75. The molecule has 90 valence electrons. The van der Waals surface area contributed by atoms with Crippen LogP contribution in [-0.2, 0) is 9.59 Å². The van der Waals surface area contributed by atoms with E-state index in [-0.39, 0.29) is 18.9 Å². The first-order valence-electron chi connectivity index (χ1n) is 4.90. The molecule has 1 aliphatic rings. The van der Waals surface area contributed by atoms with Crippen LogP contribution in [0.5, 0.6) is 0 Å². The van der Waals surface area contributed by atoms with Gasteiger partial charge in [0.05, 0.1) is 10.9 Å². The number of aromatic nitrogens is 1. The van der Waals surface area contributed by atoms with E-state index in [0.29, 0.717) is 15.4 Å². The van der Waals surface area contributed by atoms with Gasteiger partial charge >= 0.3 is 0 Å². The lowest BCUT2D eigenvalue weighted by atomic mass is 10.1. The Labute approximate surface area is 111 Å². The number of halogens is 2. The highest BCUT2D eigenvalue weighted by atomic mass is 79.9. The molecule has 2 heterocycles. The molecule has 0 saturated carbocycles. The predicted octanol–water partition coefficient (Wildman–Crippen LogP) is 1.34. The van der Waals surface area contributed by atoms with Gasteiger partial charge in [0.1, 0.15) is 10.4 Å². The van der Waals surface area contributed by atoms with Gasteiger partial charge in [-0.05, 0) is 28.1 Å². The summed E-state index contributed by atoms with van der Waals surface area (Å²) >= 11 is 9.00. The minimum atomic E-state index is -0.464. The fourth-order valence-electron chi connectivity index (χ4n) is 1.68. The molecule has 0 radical (unpaired) electrons. The Morgan fingerprint density at radius 1 is 1.59 bits per heavy atom. The van der Waals surface area contributed by atoms with Crippen molar-refractivity contribution in [2.45, 2.75) is 6.42 Å². The van der Waals surface area contributed by atoms with Gasteiger partial charge in [-0.3, -0.25) is 14.5 Å². The third kappa shape index (κ3) is 2.42. The monoisotopic (exact) mass is 317 g/mol. The van der Waals surface area contributed by atoms with Gasteiger partial charge in [0.2, 0.25) is 11.8 Å². The van der Waals surface area contributed by atoms with E-state index < -0.39 is 11.8 Å². The molecule has 1 aromatic heterocycles. The highest BCUT2D eigenvalue weighted by Crippen LogP contribution is 2.27. The standard InChI is InChI=1S/C10H9BrClN3O2/c11-9-6(12)1-2-7(14-9)15-4-5(10(13)17)3-8(15)16/h1-2,5H,3-4H2,(H2,13,17). The molecule has 0 spiro atoms. The Balaban J connectivity index is 2.26. The van der Waals surface area contributed by atoms with Crippen LogP contribution in [0.2, 0.25) is 5.02 Å². The maximum atomic E-state index is 11.7. The van der Waals surface area contributed by atoms with Crippen LogP contribution in [0.15, 0.2) is 16.7 Å². The minimum absolute atomic E-state index is 0.136. The van der Waals surface area contributed by atoms with E-state index in [4.69, 9.17) is 17.3 Å². The number of amides is 2. The second-order valence-corrected chi connectivity index (χ2v) is 4.91. The molecule has 2 N–H and O–H groups in total. The topological polar surface area (TPSA) is 76.3 Å². The van der Waals surface area contributed by atoms with Crippen LogP contribution in [-0.4, -0.2) is 23.3 Å². The van der Waals surface area contributed by atoms with Crippen LogP contribution in [0.3, 0.4) is 0 Å². The molecule has 0 aromatic carbocycles. The molecular formula is C10H9BrClN3O2. The van der Waals surface area contributed by atoms with Crippen molar-refractivity contribution < 1.29 is 9.59 Å². The Morgan fingerprint density at radius 3 is 2.82 bits per heavy atom. The third-order valence-electron chi connectivity index (χ3n) is 2.59. The SMILES string of the molecule is NC(=O)C1CC(=O)N(c2ccc(Cl)c(Br)n2)C1. The molecule has 1 unspecified atom stereocenters. The minimum Gasteiger partial charge on any atom is -0.369 e. The second kappa shape index (κ2) is 4.62. The van der Waals surface area contributed by atoms with Crippen molar-refractivity contribution in [3.63, 3.8) is 0 Å². The first-order chi connectivity index (χ1) is 7.99. The summed E-state index contributed by atoms with van der Waals surface area (Å²) in [4.78, 5) is 28.3. The highest BCUT2D eigenvalue weighted by molar-refractivity contribution is 9.10. The van der Waals surface area contributed by atoms with Gasteiger partial charge in [-0.1, -0.05) is 11.6 Å². The number of carbonyl (C=O) groups is 2. The van der Waals surface area contributed by atoms with Gasteiger partial charge < -0.3 is 5.73 Å². The predicted molar refractivity (Wildman–Crippen MR) is 66.6 cm³/mol. The molecule has 2 amide bonds. The van der Waals surface area contributed by atoms with E-state index in [1.54, 1.807) is 12.1 Å². The van der Waals surface area contributed by atoms with E-state index in [9.17, 15) is 9.59 Å². The number of rotatable bonds is 2. The zero-order valence-electron chi connectivity index (χ0n) is 8.69. The molecular weight excluding hydrogens is 309 g/mol. The summed E-state index contributed by atoms with van der Waals surface area (Å²) < 4.78 is 0.465. The number of nitrogens with two attached hydrogens (primary N) is 1. The maximum Gasteiger partial charge on any atom is 0.229 e. The summed E-state index contributed by atoms with van der Waals surface area (Å²) in [7, 11) is 0. The summed E-state index contributed by atoms with van der Waals surface area (Å²) in [5.41, 5.74) is 5.19. The number of primary amides is 1. The fourth-order valence-corrected chi connectivity index (χ4v) is 2.10. The summed E-state index contributed by atoms with van der Waals surface area (Å²) in [6.07, 6.45) is 0.136. The van der Waals surface area contributed by atoms with E-state index in [1.807, 2.05) is 0 Å². The van der Waals surface area contributed by atoms with Crippen molar-refractivity contribution in [2.75, 3.05) is 11.4 Å². The van der Waals surface area contributed by atoms with Crippen molar-refractivity contribution in [3.05, 3.63) is 21.8 Å². The van der Waals surface area contributed by atoms with E-state index >= 15 is 0 Å². The first-order valence-corrected chi connectivity index (χ1v) is 6.08. The zero-order valence-corrected chi connectivity index (χ0v) is 11.0. The Bertz CT molecular complexity index is 494. The van der Waals surface area contributed by atoms with Gasteiger partial charge in [0, 0.05) is 13.0 Å². The molecule has 0 aliphatic carbocycles. The van der Waals surface area contributed by atoms with Gasteiger partial charge in [-0.15, -0.1) is 0 Å². The lowest BCUT2D eigenvalue weighted by Crippen LogP contribution is -2.28. The maximum absolute atomic E-state index is 11.7. The molecule has 1 fully saturated rings. The van der Waals surface area contributed by atoms with Crippen molar-refractivity contribution in [3.8, 4) is 0 Å². The molecule has 7 heteroatoms. The zero-order chi connectivity index (χ0) is 12.6. The van der Waals surface area contributed by atoms with Gasteiger partial charge in [0.25, 0.3) is 0 Å². The lowest BCUT2D eigenvalue weighted by molar-refractivity contribution is -0.123. The summed E-state index contributed by atoms with van der Waals surface area (Å²) in [6.45, 7) is 0.273. The summed E-state index contributed by atoms with van der Waals surface area (Å²) in [6, 6.07) is 3.27. The van der Waals surface area contributed by atoms with Crippen molar-refractivity contribution in [1.29, 1.82) is 0 Å². The third-order valence-corrected chi connectivity index (χ3v) is 3.73. The fraction of sp³-hybridized carbons (Fsp3) is 0.300. The molecule has 1 atom stereocenters. The highest BCUT2D eigenvalue weighted by Gasteiger charge is 2.34. The number of hydrogen-bond acceptors (Lipinski definition) is 3. The first kappa shape index (κ1) is 12.3. The normalized spacial score (nSPS) is 19.8. The Hall–Kier alpha value is -1.14. The van der Waals surface area contributed by atoms with E-state index in [0.717, 1.165) is 0 Å². The molecule has 5 nitrogen and oxygen atoms in total. The van der Waals surface area contributed by atoms with E-state index in [2.05, 4.69) is 20.9 Å². The largest absolute Gasteiger partial charge is 0.369 e. The van der Waals surface area contributed by atoms with Crippen molar-refractivity contribution >= 4 is 45.2 Å². The number of anilines is 1. The Kier molecular flexibility index (Phi) is 3.35. The van der Waals surface area contributed by atoms with Crippen molar-refractivity contribution in [2.24, 2.45) is 11.7 Å². The molecule has 17 heavy (non-hydrogen) atoms. The summed E-state index contributed by atoms with van der Waals surface area (Å²) in [5, 5.41) is 0.465. The number of hydrogen-bond donors (Lipinski definition) is 1. The lowest BCUT2D eigenvalue weighted by Gasteiger charge is -2.15. The average Bonchev–Trinajstić information content (AvgIpc) is 2.65. The number of nitrogens with zero attached hydrogens (tertiary/aromatic N) is 2. The average molecular weight is 319 g/mol. The number of pyridine rings is 1.